The fourth-order valence-corrected chi connectivity index (χ4v) is 2.21. The van der Waals surface area contributed by atoms with E-state index >= 15 is 0 Å². The Kier molecular flexibility index (Phi) is 5.47. The van der Waals surface area contributed by atoms with Gasteiger partial charge in [0.25, 0.3) is 0 Å². The molecule has 0 aliphatic heterocycles. The van der Waals surface area contributed by atoms with Gasteiger partial charge in [0.15, 0.2) is 0 Å². The molecule has 0 spiro atoms. The van der Waals surface area contributed by atoms with Gasteiger partial charge in [-0.2, -0.15) is 0 Å². The van der Waals surface area contributed by atoms with E-state index in [-0.39, 0.29) is 0 Å². The van der Waals surface area contributed by atoms with Gasteiger partial charge in [-0.15, -0.1) is 0 Å². The fraction of sp³-hybridized carbons (Fsp3) is 0.529. The van der Waals surface area contributed by atoms with Crippen LogP contribution in [-0.4, -0.2) is 0 Å². The van der Waals surface area contributed by atoms with Gasteiger partial charge in [0.05, 0.1) is 0 Å². The van der Waals surface area contributed by atoms with Gasteiger partial charge in [-0.25, -0.2) is 0 Å². The topological polar surface area (TPSA) is 0 Å². The standard InChI is InChI=1S/C17H26/c1-6-7-17(14(4)5)16-10-8-15(9-11-16)12-13(2)3/h7-11,13-14H,6,12H2,1-5H3. The van der Waals surface area contributed by atoms with E-state index in [4.69, 9.17) is 0 Å². The summed E-state index contributed by atoms with van der Waals surface area (Å²) in [7, 11) is 0. The van der Waals surface area contributed by atoms with E-state index in [0.29, 0.717) is 5.92 Å². The second-order valence-corrected chi connectivity index (χ2v) is 5.52. The molecule has 0 bridgehead atoms. The summed E-state index contributed by atoms with van der Waals surface area (Å²) in [5.41, 5.74) is 4.31. The van der Waals surface area contributed by atoms with Crippen LogP contribution in [0.1, 0.15) is 52.2 Å². The molecule has 0 heteroatoms. The third-order valence-corrected chi connectivity index (χ3v) is 2.98. The zero-order valence-corrected chi connectivity index (χ0v) is 12.0. The molecule has 0 aromatic heterocycles. The molecule has 0 N–H and O–H groups in total. The van der Waals surface area contributed by atoms with Crippen LogP contribution in [0, 0.1) is 11.8 Å². The Labute approximate surface area is 107 Å². The lowest BCUT2D eigenvalue weighted by molar-refractivity contribution is 0.647. The molecule has 0 atom stereocenters. The first-order valence-electron chi connectivity index (χ1n) is 6.84. The van der Waals surface area contributed by atoms with Crippen LogP contribution in [0.15, 0.2) is 30.3 Å². The van der Waals surface area contributed by atoms with Crippen molar-refractivity contribution in [3.63, 3.8) is 0 Å². The van der Waals surface area contributed by atoms with Gasteiger partial charge in [-0.1, -0.05) is 65.0 Å². The van der Waals surface area contributed by atoms with Gasteiger partial charge < -0.3 is 0 Å². The first kappa shape index (κ1) is 14.0. The summed E-state index contributed by atoms with van der Waals surface area (Å²) in [6.07, 6.45) is 4.64. The van der Waals surface area contributed by atoms with Crippen molar-refractivity contribution in [1.82, 2.24) is 0 Å². The van der Waals surface area contributed by atoms with Gasteiger partial charge in [-0.3, -0.25) is 0 Å². The lowest BCUT2D eigenvalue weighted by Gasteiger charge is -2.13. The Morgan fingerprint density at radius 2 is 1.65 bits per heavy atom. The van der Waals surface area contributed by atoms with Crippen LogP contribution in [0.4, 0.5) is 0 Å². The molecule has 1 rings (SSSR count). The minimum absolute atomic E-state index is 0.603. The average molecular weight is 230 g/mol. The van der Waals surface area contributed by atoms with E-state index < -0.39 is 0 Å². The Morgan fingerprint density at radius 3 is 2.06 bits per heavy atom. The highest BCUT2D eigenvalue weighted by Gasteiger charge is 2.06. The molecular weight excluding hydrogens is 204 g/mol. The molecule has 17 heavy (non-hydrogen) atoms. The normalized spacial score (nSPS) is 12.5. The van der Waals surface area contributed by atoms with E-state index in [0.717, 1.165) is 12.3 Å². The van der Waals surface area contributed by atoms with E-state index in [1.54, 1.807) is 0 Å². The molecule has 94 valence electrons. The second kappa shape index (κ2) is 6.64. The van der Waals surface area contributed by atoms with Crippen LogP contribution in [0.2, 0.25) is 0 Å². The van der Waals surface area contributed by atoms with Crippen molar-refractivity contribution in [3.05, 3.63) is 41.5 Å². The summed E-state index contributed by atoms with van der Waals surface area (Å²) in [6, 6.07) is 9.11. The Bertz CT molecular complexity index is 352. The van der Waals surface area contributed by atoms with Crippen LogP contribution < -0.4 is 0 Å². The molecule has 0 unspecified atom stereocenters. The summed E-state index contributed by atoms with van der Waals surface area (Å²) in [5, 5.41) is 0. The monoisotopic (exact) mass is 230 g/mol. The maximum absolute atomic E-state index is 2.35. The quantitative estimate of drug-likeness (QED) is 0.641. The highest BCUT2D eigenvalue weighted by molar-refractivity contribution is 5.67. The van der Waals surface area contributed by atoms with Gasteiger partial charge >= 0.3 is 0 Å². The van der Waals surface area contributed by atoms with Crippen molar-refractivity contribution in [2.24, 2.45) is 11.8 Å². The molecule has 0 saturated carbocycles. The number of hydrogen-bond donors (Lipinski definition) is 0. The van der Waals surface area contributed by atoms with E-state index in [1.807, 2.05) is 0 Å². The Hall–Kier alpha value is -1.04. The molecule has 0 heterocycles. The Balaban J connectivity index is 2.89. The first-order chi connectivity index (χ1) is 8.04. The van der Waals surface area contributed by atoms with Crippen LogP contribution >= 0.6 is 0 Å². The predicted octanol–water partition coefficient (Wildman–Crippen LogP) is 5.33. The molecular formula is C17H26. The second-order valence-electron chi connectivity index (χ2n) is 5.52. The van der Waals surface area contributed by atoms with Crippen molar-refractivity contribution < 1.29 is 0 Å². The number of rotatable bonds is 5. The summed E-state index contributed by atoms with van der Waals surface area (Å²) in [4.78, 5) is 0. The average Bonchev–Trinajstić information content (AvgIpc) is 2.26. The Morgan fingerprint density at radius 1 is 1.06 bits per heavy atom. The molecule has 0 saturated heterocycles. The van der Waals surface area contributed by atoms with E-state index in [9.17, 15) is 0 Å². The zero-order chi connectivity index (χ0) is 12.8. The molecule has 0 fully saturated rings. The van der Waals surface area contributed by atoms with Crippen LogP contribution in [0.25, 0.3) is 5.57 Å². The predicted molar refractivity (Wildman–Crippen MR) is 78.1 cm³/mol. The number of hydrogen-bond acceptors (Lipinski definition) is 0. The first-order valence-corrected chi connectivity index (χ1v) is 6.84. The molecule has 0 aliphatic rings. The smallest absolute Gasteiger partial charge is 0.0216 e. The van der Waals surface area contributed by atoms with Gasteiger partial charge in [0, 0.05) is 0 Å². The van der Waals surface area contributed by atoms with Crippen molar-refractivity contribution in [3.8, 4) is 0 Å². The molecule has 0 aliphatic carbocycles. The lowest BCUT2D eigenvalue weighted by Crippen LogP contribution is -1.96. The van der Waals surface area contributed by atoms with Crippen LogP contribution in [0.5, 0.6) is 0 Å². The zero-order valence-electron chi connectivity index (χ0n) is 12.0. The molecule has 0 radical (unpaired) electrons. The highest BCUT2D eigenvalue weighted by Crippen LogP contribution is 2.24. The summed E-state index contributed by atoms with van der Waals surface area (Å²) >= 11 is 0. The minimum Gasteiger partial charge on any atom is -0.0807 e. The number of benzene rings is 1. The molecule has 1 aromatic carbocycles. The minimum atomic E-state index is 0.603. The maximum Gasteiger partial charge on any atom is -0.0216 e. The lowest BCUT2D eigenvalue weighted by atomic mass is 9.92. The van der Waals surface area contributed by atoms with E-state index in [1.165, 1.54) is 23.1 Å². The summed E-state index contributed by atoms with van der Waals surface area (Å²) < 4.78 is 0. The highest BCUT2D eigenvalue weighted by atomic mass is 14.1. The van der Waals surface area contributed by atoms with Crippen molar-refractivity contribution in [2.75, 3.05) is 0 Å². The van der Waals surface area contributed by atoms with Gasteiger partial charge in [0.2, 0.25) is 0 Å². The molecule has 1 aromatic rings. The third kappa shape index (κ3) is 4.38. The number of allylic oxidation sites excluding steroid dienone is 2. The fourth-order valence-electron chi connectivity index (χ4n) is 2.21. The van der Waals surface area contributed by atoms with Gasteiger partial charge in [-0.05, 0) is 41.4 Å². The SMILES string of the molecule is CCC=C(c1ccc(CC(C)C)cc1)C(C)C. The third-order valence-electron chi connectivity index (χ3n) is 2.98. The van der Waals surface area contributed by atoms with Crippen molar-refractivity contribution in [1.29, 1.82) is 0 Å². The summed E-state index contributed by atoms with van der Waals surface area (Å²) in [6.45, 7) is 11.3. The van der Waals surface area contributed by atoms with Crippen molar-refractivity contribution >= 4 is 5.57 Å². The van der Waals surface area contributed by atoms with Gasteiger partial charge in [0.1, 0.15) is 0 Å². The molecule has 0 nitrogen and oxygen atoms in total. The van der Waals surface area contributed by atoms with Crippen LogP contribution in [0.3, 0.4) is 0 Å². The largest absolute Gasteiger partial charge is 0.0807 e. The van der Waals surface area contributed by atoms with Crippen molar-refractivity contribution in [2.45, 2.75) is 47.5 Å². The van der Waals surface area contributed by atoms with E-state index in [2.05, 4.69) is 65.0 Å². The summed E-state index contributed by atoms with van der Waals surface area (Å²) in [5.74, 6) is 1.34. The maximum atomic E-state index is 2.35. The van der Waals surface area contributed by atoms with Crippen LogP contribution in [-0.2, 0) is 6.42 Å². The molecule has 0 amide bonds.